The van der Waals surface area contributed by atoms with Gasteiger partial charge in [-0.15, -0.1) is 0 Å². The van der Waals surface area contributed by atoms with Crippen molar-refractivity contribution in [1.82, 2.24) is 15.4 Å². The molecule has 1 aliphatic heterocycles. The number of hydrogen-bond donors (Lipinski definition) is 2. The summed E-state index contributed by atoms with van der Waals surface area (Å²) in [4.78, 5) is 15.2. The van der Waals surface area contributed by atoms with Crippen LogP contribution >= 0.6 is 0 Å². The Hall–Kier alpha value is -4.73. The van der Waals surface area contributed by atoms with Crippen molar-refractivity contribution in [1.29, 1.82) is 0 Å². The summed E-state index contributed by atoms with van der Waals surface area (Å²) in [5.41, 5.74) is 11.7. The van der Waals surface area contributed by atoms with E-state index in [1.165, 1.54) is 18.4 Å². The van der Waals surface area contributed by atoms with Crippen LogP contribution in [0.2, 0.25) is 0 Å². The number of carbonyl (C=O) groups excluding carboxylic acids is 1. The van der Waals surface area contributed by atoms with E-state index in [1.54, 1.807) is 31.3 Å². The van der Waals surface area contributed by atoms with Crippen LogP contribution in [0, 0.1) is 12.7 Å². The number of fused-ring (bicyclic) bond motifs is 1. The summed E-state index contributed by atoms with van der Waals surface area (Å²) in [5, 5.41) is 6.81. The molecule has 2 amide bonds. The van der Waals surface area contributed by atoms with Crippen molar-refractivity contribution in [2.75, 3.05) is 33.1 Å². The number of ether oxygens (including phenoxy) is 3. The van der Waals surface area contributed by atoms with E-state index in [-0.39, 0.29) is 18.4 Å². The number of nitrogens with two attached hydrogens (primary N) is 1. The van der Waals surface area contributed by atoms with Gasteiger partial charge in [0.05, 0.1) is 39.1 Å². The van der Waals surface area contributed by atoms with E-state index in [4.69, 9.17) is 24.5 Å². The number of aryl methyl sites for hydroxylation is 1. The minimum absolute atomic E-state index is 0.223. The molecule has 0 fully saturated rings. The molecular formula is C31H33FN4O5. The number of nitrogen functional groups attached to an aromatic ring is 1. The molecule has 0 saturated carbocycles. The van der Waals surface area contributed by atoms with E-state index in [1.807, 2.05) is 37.3 Å². The molecule has 0 spiro atoms. The van der Waals surface area contributed by atoms with Gasteiger partial charge in [0.25, 0.3) is 0 Å². The predicted octanol–water partition coefficient (Wildman–Crippen LogP) is 5.20. The Morgan fingerprint density at radius 3 is 2.63 bits per heavy atom. The third kappa shape index (κ3) is 6.06. The zero-order chi connectivity index (χ0) is 28.9. The number of hydrogen-bond acceptors (Lipinski definition) is 7. The normalized spacial score (nSPS) is 14.3. The van der Waals surface area contributed by atoms with E-state index in [2.05, 4.69) is 10.5 Å². The highest BCUT2D eigenvalue weighted by Crippen LogP contribution is 2.42. The maximum atomic E-state index is 14.1. The molecule has 1 aromatic heterocycles. The SMILES string of the molecule is COc1cc(CCOc2cc3c(cc2OC)CCN(C(=O)NCc2ccon2)C3c2ccc(F)cc2C)ccc1N. The number of carbonyl (C=O) groups is 1. The second-order valence-electron chi connectivity index (χ2n) is 9.87. The lowest BCUT2D eigenvalue weighted by molar-refractivity contribution is 0.179. The second-order valence-corrected chi connectivity index (χ2v) is 9.87. The van der Waals surface area contributed by atoms with Crippen LogP contribution in [-0.2, 0) is 19.4 Å². The van der Waals surface area contributed by atoms with Crippen LogP contribution in [-0.4, -0.2) is 43.5 Å². The summed E-state index contributed by atoms with van der Waals surface area (Å²) >= 11 is 0. The molecule has 1 unspecified atom stereocenters. The monoisotopic (exact) mass is 560 g/mol. The summed E-state index contributed by atoms with van der Waals surface area (Å²) in [6.07, 6.45) is 2.70. The number of anilines is 1. The number of urea groups is 1. The number of benzene rings is 3. The van der Waals surface area contributed by atoms with Crippen molar-refractivity contribution in [2.45, 2.75) is 32.4 Å². The first-order valence-electron chi connectivity index (χ1n) is 13.3. The van der Waals surface area contributed by atoms with Crippen LogP contribution in [0.4, 0.5) is 14.9 Å². The number of nitrogens with one attached hydrogen (secondary N) is 1. The van der Waals surface area contributed by atoms with Gasteiger partial charge in [-0.1, -0.05) is 17.3 Å². The van der Waals surface area contributed by atoms with Crippen LogP contribution in [0.3, 0.4) is 0 Å². The molecule has 3 N–H and O–H groups in total. The third-order valence-electron chi connectivity index (χ3n) is 7.30. The summed E-state index contributed by atoms with van der Waals surface area (Å²) in [6, 6.07) is 15.2. The van der Waals surface area contributed by atoms with Crippen molar-refractivity contribution in [3.63, 3.8) is 0 Å². The Morgan fingerprint density at radius 1 is 1.07 bits per heavy atom. The van der Waals surface area contributed by atoms with Gasteiger partial charge in [0.15, 0.2) is 11.5 Å². The Bertz CT molecular complexity index is 1530. The van der Waals surface area contributed by atoms with Crippen molar-refractivity contribution < 1.29 is 27.9 Å². The van der Waals surface area contributed by atoms with Crippen LogP contribution in [0.5, 0.6) is 17.2 Å². The minimum atomic E-state index is -0.466. The van der Waals surface area contributed by atoms with E-state index in [0.717, 1.165) is 27.8 Å². The summed E-state index contributed by atoms with van der Waals surface area (Å²) in [7, 11) is 3.19. The lowest BCUT2D eigenvalue weighted by Crippen LogP contribution is -2.46. The average Bonchev–Trinajstić information content (AvgIpc) is 3.50. The fraction of sp³-hybridized carbons (Fsp3) is 0.290. The van der Waals surface area contributed by atoms with E-state index >= 15 is 0 Å². The predicted molar refractivity (Wildman–Crippen MR) is 152 cm³/mol. The van der Waals surface area contributed by atoms with Gasteiger partial charge in [0.2, 0.25) is 0 Å². The molecule has 214 valence electrons. The number of methoxy groups -OCH3 is 2. The molecule has 0 aliphatic carbocycles. The highest BCUT2D eigenvalue weighted by molar-refractivity contribution is 5.76. The lowest BCUT2D eigenvalue weighted by atomic mass is 9.86. The van der Waals surface area contributed by atoms with Crippen molar-refractivity contribution in [3.8, 4) is 17.2 Å². The molecule has 0 bridgehead atoms. The zero-order valence-corrected chi connectivity index (χ0v) is 23.3. The molecule has 2 heterocycles. The first-order chi connectivity index (χ1) is 19.9. The lowest BCUT2D eigenvalue weighted by Gasteiger charge is -2.38. The molecule has 9 nitrogen and oxygen atoms in total. The molecule has 41 heavy (non-hydrogen) atoms. The van der Waals surface area contributed by atoms with Crippen LogP contribution in [0.1, 0.15) is 39.6 Å². The average molecular weight is 561 g/mol. The quantitative estimate of drug-likeness (QED) is 0.271. The van der Waals surface area contributed by atoms with Crippen molar-refractivity contribution >= 4 is 11.7 Å². The zero-order valence-electron chi connectivity index (χ0n) is 23.3. The first kappa shape index (κ1) is 27.8. The molecule has 4 aromatic rings. The molecule has 3 aromatic carbocycles. The van der Waals surface area contributed by atoms with E-state index < -0.39 is 6.04 Å². The molecular weight excluding hydrogens is 527 g/mol. The molecule has 1 atom stereocenters. The number of aromatic nitrogens is 1. The van der Waals surface area contributed by atoms with Gasteiger partial charge in [-0.25, -0.2) is 9.18 Å². The number of nitrogens with zero attached hydrogens (tertiary/aromatic N) is 2. The Balaban J connectivity index is 1.45. The van der Waals surface area contributed by atoms with Gasteiger partial charge >= 0.3 is 6.03 Å². The first-order valence-corrected chi connectivity index (χ1v) is 13.3. The molecule has 1 aliphatic rings. The van der Waals surface area contributed by atoms with Crippen molar-refractivity contribution in [2.24, 2.45) is 0 Å². The van der Waals surface area contributed by atoms with Crippen LogP contribution in [0.15, 0.2) is 65.4 Å². The fourth-order valence-corrected chi connectivity index (χ4v) is 5.19. The standard InChI is InChI=1S/C31H33FN4O5/c1-19-14-22(32)5-6-24(19)30-25-17-29(40-12-9-20-4-7-26(33)27(15-20)38-2)28(39-3)16-21(25)8-11-36(30)31(37)34-18-23-10-13-41-35-23/h4-7,10,13-17,30H,8-9,11-12,18,33H2,1-3H3,(H,34,37). The Kier molecular flexibility index (Phi) is 8.28. The number of rotatable bonds is 9. The molecule has 0 saturated heterocycles. The summed E-state index contributed by atoms with van der Waals surface area (Å²) in [5.74, 6) is 1.45. The maximum absolute atomic E-state index is 14.1. The second kappa shape index (κ2) is 12.2. The van der Waals surface area contributed by atoms with Gasteiger partial charge in [-0.3, -0.25) is 0 Å². The van der Waals surface area contributed by atoms with Crippen LogP contribution in [0.25, 0.3) is 0 Å². The Labute approximate surface area is 238 Å². The van der Waals surface area contributed by atoms with Crippen molar-refractivity contribution in [3.05, 3.63) is 100 Å². The third-order valence-corrected chi connectivity index (χ3v) is 7.30. The van der Waals surface area contributed by atoms with Gasteiger partial charge in [0, 0.05) is 19.0 Å². The van der Waals surface area contributed by atoms with E-state index in [0.29, 0.717) is 54.6 Å². The number of halogens is 1. The molecule has 5 rings (SSSR count). The Morgan fingerprint density at radius 2 is 1.90 bits per heavy atom. The summed E-state index contributed by atoms with van der Waals surface area (Å²) < 4.78 is 36.2. The largest absolute Gasteiger partial charge is 0.495 e. The maximum Gasteiger partial charge on any atom is 0.318 e. The molecule has 10 heteroatoms. The summed E-state index contributed by atoms with van der Waals surface area (Å²) in [6.45, 7) is 2.91. The highest BCUT2D eigenvalue weighted by atomic mass is 19.1. The smallest absolute Gasteiger partial charge is 0.318 e. The van der Waals surface area contributed by atoms with Crippen LogP contribution < -0.4 is 25.3 Å². The minimum Gasteiger partial charge on any atom is -0.495 e. The van der Waals surface area contributed by atoms with Gasteiger partial charge in [-0.2, -0.15) is 0 Å². The van der Waals surface area contributed by atoms with Gasteiger partial charge in [0.1, 0.15) is 23.5 Å². The van der Waals surface area contributed by atoms with Gasteiger partial charge in [-0.05, 0) is 77.6 Å². The fourth-order valence-electron chi connectivity index (χ4n) is 5.19. The number of amides is 2. The topological polar surface area (TPSA) is 112 Å². The molecule has 0 radical (unpaired) electrons. The van der Waals surface area contributed by atoms with Gasteiger partial charge < -0.3 is 34.7 Å². The highest BCUT2D eigenvalue weighted by Gasteiger charge is 2.34. The van der Waals surface area contributed by atoms with E-state index in [9.17, 15) is 9.18 Å².